The predicted molar refractivity (Wildman–Crippen MR) is 119 cm³/mol. The van der Waals surface area contributed by atoms with Gasteiger partial charge in [0, 0.05) is 24.0 Å². The second kappa shape index (κ2) is 7.74. The van der Waals surface area contributed by atoms with E-state index in [1.165, 1.54) is 29.0 Å². The van der Waals surface area contributed by atoms with Crippen molar-refractivity contribution >= 4 is 29.1 Å². The molecular weight excluding hydrogens is 364 g/mol. The van der Waals surface area contributed by atoms with Crippen LogP contribution in [-0.4, -0.2) is 34.5 Å². The molecule has 0 atom stereocenters. The highest BCUT2D eigenvalue weighted by molar-refractivity contribution is 5.93. The number of aryl methyl sites for hydroxylation is 1. The quantitative estimate of drug-likeness (QED) is 0.653. The van der Waals surface area contributed by atoms with E-state index < -0.39 is 5.97 Å². The monoisotopic (exact) mass is 392 g/mol. The van der Waals surface area contributed by atoms with E-state index in [1.807, 2.05) is 0 Å². The molecule has 1 heterocycles. The lowest BCUT2D eigenvalue weighted by atomic mass is 9.87. The normalized spacial score (nSPS) is 15.3. The van der Waals surface area contributed by atoms with E-state index in [0.29, 0.717) is 5.69 Å². The molecule has 0 unspecified atom stereocenters. The van der Waals surface area contributed by atoms with E-state index in [4.69, 9.17) is 5.11 Å². The molecule has 0 spiro atoms. The zero-order valence-electron chi connectivity index (χ0n) is 17.7. The number of aromatic carboxylic acids is 1. The number of aliphatic imine (C=N–C) groups is 1. The Morgan fingerprint density at radius 3 is 2.59 bits per heavy atom. The van der Waals surface area contributed by atoms with Crippen LogP contribution in [0, 0.1) is 6.92 Å². The lowest BCUT2D eigenvalue weighted by Gasteiger charge is -2.43. The minimum atomic E-state index is -1.18. The fourth-order valence-electron chi connectivity index (χ4n) is 3.94. The average Bonchev–Trinajstić information content (AvgIpc) is 2.64. The van der Waals surface area contributed by atoms with Gasteiger partial charge in [-0.1, -0.05) is 13.0 Å². The number of anilines is 1. The third-order valence-electron chi connectivity index (χ3n) is 5.38. The van der Waals surface area contributed by atoms with E-state index in [2.05, 4.69) is 62.7 Å². The smallest absolute Gasteiger partial charge is 0.339 e. The van der Waals surface area contributed by atoms with E-state index in [9.17, 15) is 9.90 Å². The summed E-state index contributed by atoms with van der Waals surface area (Å²) in [6.07, 6.45) is 5.13. The van der Waals surface area contributed by atoms with Crippen LogP contribution in [-0.2, 0) is 0 Å². The second-order valence-electron chi connectivity index (χ2n) is 8.12. The molecule has 2 aromatic rings. The highest BCUT2D eigenvalue weighted by Crippen LogP contribution is 2.40. The Balaban J connectivity index is 2.01. The van der Waals surface area contributed by atoms with Gasteiger partial charge in [-0.3, -0.25) is 4.99 Å². The number of nitrogens with zero attached hydrogens (tertiary/aromatic N) is 2. The number of aromatic hydroxyl groups is 1. The zero-order valence-corrected chi connectivity index (χ0v) is 17.7. The topological polar surface area (TPSA) is 73.1 Å². The summed E-state index contributed by atoms with van der Waals surface area (Å²) in [5, 5.41) is 18.8. The summed E-state index contributed by atoms with van der Waals surface area (Å²) in [5.74, 6) is -1.44. The molecule has 0 aliphatic carbocycles. The van der Waals surface area contributed by atoms with Crippen molar-refractivity contribution in [2.75, 3.05) is 11.4 Å². The third-order valence-corrected chi connectivity index (χ3v) is 5.38. The number of carbonyl (C=O) groups is 1. The van der Waals surface area contributed by atoms with Crippen LogP contribution >= 0.6 is 0 Å². The van der Waals surface area contributed by atoms with Crippen molar-refractivity contribution in [2.24, 2.45) is 4.99 Å². The molecule has 5 nitrogen and oxygen atoms in total. The molecule has 2 aromatic carbocycles. The number of fused-ring (bicyclic) bond motifs is 1. The third kappa shape index (κ3) is 4.04. The summed E-state index contributed by atoms with van der Waals surface area (Å²) in [4.78, 5) is 18.1. The van der Waals surface area contributed by atoms with Crippen LogP contribution in [0.2, 0.25) is 0 Å². The summed E-state index contributed by atoms with van der Waals surface area (Å²) < 4.78 is 0. The summed E-state index contributed by atoms with van der Waals surface area (Å²) in [7, 11) is 0. The van der Waals surface area contributed by atoms with Crippen LogP contribution in [0.4, 0.5) is 11.4 Å². The van der Waals surface area contributed by atoms with Gasteiger partial charge in [-0.25, -0.2) is 4.79 Å². The SMILES string of the molecule is CCCN1c2cc(C)c(C=Nc3ccc(O)c(C(=O)O)c3)cc2C(C)=CC1(C)C. The highest BCUT2D eigenvalue weighted by Gasteiger charge is 2.31. The largest absolute Gasteiger partial charge is 0.507 e. The minimum Gasteiger partial charge on any atom is -0.507 e. The Morgan fingerprint density at radius 1 is 1.21 bits per heavy atom. The summed E-state index contributed by atoms with van der Waals surface area (Å²) in [5.41, 5.74) is 6.06. The minimum absolute atomic E-state index is 0.0333. The number of hydrogen-bond donors (Lipinski definition) is 2. The maximum absolute atomic E-state index is 11.2. The predicted octanol–water partition coefficient (Wildman–Crippen LogP) is 5.56. The van der Waals surface area contributed by atoms with Crippen LogP contribution in [0.25, 0.3) is 5.57 Å². The van der Waals surface area contributed by atoms with Crippen LogP contribution in [0.1, 0.15) is 61.2 Å². The molecule has 0 aromatic heterocycles. The zero-order chi connectivity index (χ0) is 21.3. The molecule has 1 aliphatic heterocycles. The van der Waals surface area contributed by atoms with Gasteiger partial charge in [0.05, 0.1) is 11.2 Å². The molecule has 0 amide bonds. The number of allylic oxidation sites excluding steroid dienone is 1. The molecule has 152 valence electrons. The maximum Gasteiger partial charge on any atom is 0.339 e. The van der Waals surface area contributed by atoms with E-state index in [0.717, 1.165) is 24.1 Å². The number of rotatable bonds is 5. The van der Waals surface area contributed by atoms with Crippen molar-refractivity contribution in [3.05, 3.63) is 58.7 Å². The highest BCUT2D eigenvalue weighted by atomic mass is 16.4. The number of phenols is 1. The standard InChI is InChI=1S/C24H28N2O3/c1-6-9-26-21-10-15(2)17(11-19(21)16(3)13-24(26,4)5)14-25-18-7-8-22(27)20(12-18)23(28)29/h7-8,10-14,27H,6,9H2,1-5H3,(H,28,29). The summed E-state index contributed by atoms with van der Waals surface area (Å²) >= 11 is 0. The fourth-order valence-corrected chi connectivity index (χ4v) is 3.94. The lowest BCUT2D eigenvalue weighted by molar-refractivity contribution is 0.0693. The molecule has 3 rings (SSSR count). The number of carboxylic acids is 1. The van der Waals surface area contributed by atoms with Crippen LogP contribution < -0.4 is 4.90 Å². The molecule has 0 bridgehead atoms. The van der Waals surface area contributed by atoms with Gasteiger partial charge in [0.15, 0.2) is 0 Å². The van der Waals surface area contributed by atoms with Gasteiger partial charge in [-0.2, -0.15) is 0 Å². The van der Waals surface area contributed by atoms with Crippen molar-refractivity contribution in [3.63, 3.8) is 0 Å². The summed E-state index contributed by atoms with van der Waals surface area (Å²) in [6.45, 7) is 11.9. The molecule has 0 radical (unpaired) electrons. The fraction of sp³-hybridized carbons (Fsp3) is 0.333. The first-order valence-corrected chi connectivity index (χ1v) is 9.86. The Kier molecular flexibility index (Phi) is 5.51. The van der Waals surface area contributed by atoms with E-state index in [-0.39, 0.29) is 16.9 Å². The molecular formula is C24H28N2O3. The van der Waals surface area contributed by atoms with Gasteiger partial charge in [0.25, 0.3) is 0 Å². The van der Waals surface area contributed by atoms with Gasteiger partial charge >= 0.3 is 5.97 Å². The Morgan fingerprint density at radius 2 is 1.93 bits per heavy atom. The Labute approximate surface area is 172 Å². The van der Waals surface area contributed by atoms with Crippen molar-refractivity contribution in [2.45, 2.75) is 46.6 Å². The first kappa shape index (κ1) is 20.6. The first-order chi connectivity index (χ1) is 13.6. The molecule has 2 N–H and O–H groups in total. The van der Waals surface area contributed by atoms with Gasteiger partial charge < -0.3 is 15.1 Å². The van der Waals surface area contributed by atoms with Crippen LogP contribution in [0.3, 0.4) is 0 Å². The molecule has 5 heteroatoms. The maximum atomic E-state index is 11.2. The van der Waals surface area contributed by atoms with Gasteiger partial charge in [0.1, 0.15) is 11.3 Å². The number of hydrogen-bond acceptors (Lipinski definition) is 4. The van der Waals surface area contributed by atoms with Crippen molar-refractivity contribution < 1.29 is 15.0 Å². The number of carboxylic acid groups (broad SMARTS) is 1. The van der Waals surface area contributed by atoms with Crippen molar-refractivity contribution in [1.82, 2.24) is 0 Å². The first-order valence-electron chi connectivity index (χ1n) is 9.86. The van der Waals surface area contributed by atoms with Gasteiger partial charge in [-0.05, 0) is 81.1 Å². The molecule has 0 fully saturated rings. The number of benzene rings is 2. The Hall–Kier alpha value is -3.08. The molecule has 0 saturated carbocycles. The summed E-state index contributed by atoms with van der Waals surface area (Å²) in [6, 6.07) is 8.69. The van der Waals surface area contributed by atoms with E-state index in [1.54, 1.807) is 12.3 Å². The van der Waals surface area contributed by atoms with Gasteiger partial charge in [-0.15, -0.1) is 0 Å². The van der Waals surface area contributed by atoms with Crippen LogP contribution in [0.15, 0.2) is 41.4 Å². The van der Waals surface area contributed by atoms with Crippen molar-refractivity contribution in [3.8, 4) is 5.75 Å². The molecule has 29 heavy (non-hydrogen) atoms. The second-order valence-corrected chi connectivity index (χ2v) is 8.12. The van der Waals surface area contributed by atoms with Crippen LogP contribution in [0.5, 0.6) is 5.75 Å². The van der Waals surface area contributed by atoms with Gasteiger partial charge in [0.2, 0.25) is 0 Å². The average molecular weight is 392 g/mol. The molecule has 0 saturated heterocycles. The van der Waals surface area contributed by atoms with E-state index >= 15 is 0 Å². The Bertz CT molecular complexity index is 1020. The van der Waals surface area contributed by atoms with Crippen molar-refractivity contribution in [1.29, 1.82) is 0 Å². The molecule has 1 aliphatic rings. The lowest BCUT2D eigenvalue weighted by Crippen LogP contribution is -2.45.